The lowest BCUT2D eigenvalue weighted by atomic mass is 9.97. The van der Waals surface area contributed by atoms with E-state index in [1.807, 2.05) is 24.3 Å². The predicted molar refractivity (Wildman–Crippen MR) is 62.0 cm³/mol. The van der Waals surface area contributed by atoms with Gasteiger partial charge < -0.3 is 10.5 Å². The summed E-state index contributed by atoms with van der Waals surface area (Å²) >= 11 is 5.83. The van der Waals surface area contributed by atoms with Crippen LogP contribution in [0.1, 0.15) is 30.9 Å². The fourth-order valence-electron chi connectivity index (χ4n) is 1.95. The van der Waals surface area contributed by atoms with Crippen LogP contribution in [0.15, 0.2) is 24.3 Å². The van der Waals surface area contributed by atoms with Crippen LogP contribution in [-0.2, 0) is 4.74 Å². The Balaban J connectivity index is 2.05. The van der Waals surface area contributed by atoms with Crippen LogP contribution in [0.3, 0.4) is 0 Å². The lowest BCUT2D eigenvalue weighted by Crippen LogP contribution is -2.31. The van der Waals surface area contributed by atoms with Crippen molar-refractivity contribution in [3.8, 4) is 0 Å². The van der Waals surface area contributed by atoms with Crippen molar-refractivity contribution in [3.05, 3.63) is 34.9 Å². The Hall–Kier alpha value is -0.570. The van der Waals surface area contributed by atoms with Gasteiger partial charge in [0.05, 0.1) is 12.1 Å². The molecule has 1 saturated heterocycles. The van der Waals surface area contributed by atoms with Crippen LogP contribution < -0.4 is 5.73 Å². The van der Waals surface area contributed by atoms with Crippen molar-refractivity contribution in [2.45, 2.75) is 31.4 Å². The molecule has 1 aromatic rings. The number of hydrogen-bond acceptors (Lipinski definition) is 2. The second-order valence-corrected chi connectivity index (χ2v) is 4.42. The van der Waals surface area contributed by atoms with Gasteiger partial charge in [-0.05, 0) is 37.0 Å². The third-order valence-corrected chi connectivity index (χ3v) is 3.12. The molecular formula is C12H16ClNO. The maximum atomic E-state index is 6.15. The summed E-state index contributed by atoms with van der Waals surface area (Å²) in [5.41, 5.74) is 7.25. The van der Waals surface area contributed by atoms with E-state index in [0.717, 1.165) is 30.0 Å². The molecule has 0 bridgehead atoms. The zero-order chi connectivity index (χ0) is 10.7. The molecule has 0 spiro atoms. The average Bonchev–Trinajstić information content (AvgIpc) is 2.30. The van der Waals surface area contributed by atoms with Crippen LogP contribution in [0.2, 0.25) is 5.02 Å². The third kappa shape index (κ3) is 2.71. The van der Waals surface area contributed by atoms with E-state index in [-0.39, 0.29) is 12.1 Å². The van der Waals surface area contributed by atoms with Crippen molar-refractivity contribution >= 4 is 11.6 Å². The first kappa shape index (κ1) is 10.9. The van der Waals surface area contributed by atoms with Crippen LogP contribution in [0, 0.1) is 0 Å². The van der Waals surface area contributed by atoms with Gasteiger partial charge in [-0.15, -0.1) is 0 Å². The quantitative estimate of drug-likeness (QED) is 0.840. The van der Waals surface area contributed by atoms with Gasteiger partial charge in [0.1, 0.15) is 0 Å². The summed E-state index contributed by atoms with van der Waals surface area (Å²) in [6.07, 6.45) is 3.60. The van der Waals surface area contributed by atoms with Crippen LogP contribution in [0.25, 0.3) is 0 Å². The SMILES string of the molecule is NC(c1ccc(Cl)cc1)C1CCCCO1. The molecule has 1 aliphatic heterocycles. The normalized spacial score (nSPS) is 23.7. The van der Waals surface area contributed by atoms with E-state index in [9.17, 15) is 0 Å². The number of rotatable bonds is 2. The second kappa shape index (κ2) is 4.97. The molecule has 1 fully saturated rings. The van der Waals surface area contributed by atoms with Crippen molar-refractivity contribution < 1.29 is 4.74 Å². The highest BCUT2D eigenvalue weighted by molar-refractivity contribution is 6.30. The highest BCUT2D eigenvalue weighted by Crippen LogP contribution is 2.25. The number of benzene rings is 1. The molecule has 82 valence electrons. The third-order valence-electron chi connectivity index (χ3n) is 2.87. The number of nitrogens with two attached hydrogens (primary N) is 1. The van der Waals surface area contributed by atoms with E-state index in [0.29, 0.717) is 0 Å². The minimum absolute atomic E-state index is 0.0254. The van der Waals surface area contributed by atoms with E-state index in [2.05, 4.69) is 0 Å². The molecular weight excluding hydrogens is 210 g/mol. The Labute approximate surface area is 95.4 Å². The first-order chi connectivity index (χ1) is 7.27. The molecule has 0 saturated carbocycles. The first-order valence-corrected chi connectivity index (χ1v) is 5.78. The van der Waals surface area contributed by atoms with Crippen molar-refractivity contribution in [2.75, 3.05) is 6.61 Å². The number of hydrogen-bond donors (Lipinski definition) is 1. The molecule has 1 aromatic carbocycles. The molecule has 2 unspecified atom stereocenters. The molecule has 1 aliphatic rings. The van der Waals surface area contributed by atoms with Gasteiger partial charge in [0.2, 0.25) is 0 Å². The van der Waals surface area contributed by atoms with E-state index in [1.165, 1.54) is 6.42 Å². The number of halogens is 1. The Morgan fingerprint density at radius 2 is 2.00 bits per heavy atom. The monoisotopic (exact) mass is 225 g/mol. The van der Waals surface area contributed by atoms with Gasteiger partial charge in [-0.25, -0.2) is 0 Å². The summed E-state index contributed by atoms with van der Waals surface area (Å²) in [4.78, 5) is 0. The highest BCUT2D eigenvalue weighted by Gasteiger charge is 2.22. The van der Waals surface area contributed by atoms with Gasteiger partial charge in [0, 0.05) is 11.6 Å². The summed E-state index contributed by atoms with van der Waals surface area (Å²) in [5, 5.41) is 0.746. The largest absolute Gasteiger partial charge is 0.376 e. The first-order valence-electron chi connectivity index (χ1n) is 5.40. The van der Waals surface area contributed by atoms with E-state index in [1.54, 1.807) is 0 Å². The van der Waals surface area contributed by atoms with Gasteiger partial charge in [-0.1, -0.05) is 23.7 Å². The lowest BCUT2D eigenvalue weighted by Gasteiger charge is -2.28. The minimum atomic E-state index is -0.0254. The van der Waals surface area contributed by atoms with Crippen LogP contribution in [-0.4, -0.2) is 12.7 Å². The van der Waals surface area contributed by atoms with Crippen LogP contribution in [0.5, 0.6) is 0 Å². The Morgan fingerprint density at radius 1 is 1.27 bits per heavy atom. The van der Waals surface area contributed by atoms with E-state index in [4.69, 9.17) is 22.1 Å². The van der Waals surface area contributed by atoms with Gasteiger partial charge in [-0.2, -0.15) is 0 Å². The molecule has 1 heterocycles. The minimum Gasteiger partial charge on any atom is -0.376 e. The fourth-order valence-corrected chi connectivity index (χ4v) is 2.07. The number of ether oxygens (including phenoxy) is 1. The lowest BCUT2D eigenvalue weighted by molar-refractivity contribution is 0.0000142. The van der Waals surface area contributed by atoms with Crippen molar-refractivity contribution in [3.63, 3.8) is 0 Å². The Morgan fingerprint density at radius 3 is 2.60 bits per heavy atom. The Bertz CT molecular complexity index is 306. The molecule has 0 aliphatic carbocycles. The van der Waals surface area contributed by atoms with E-state index < -0.39 is 0 Å². The molecule has 0 amide bonds. The molecule has 2 rings (SSSR count). The van der Waals surface area contributed by atoms with Crippen LogP contribution >= 0.6 is 11.6 Å². The fraction of sp³-hybridized carbons (Fsp3) is 0.500. The molecule has 2 atom stereocenters. The smallest absolute Gasteiger partial charge is 0.0767 e. The highest BCUT2D eigenvalue weighted by atomic mass is 35.5. The predicted octanol–water partition coefficient (Wildman–Crippen LogP) is 2.91. The van der Waals surface area contributed by atoms with Crippen molar-refractivity contribution in [1.82, 2.24) is 0 Å². The zero-order valence-electron chi connectivity index (χ0n) is 8.66. The maximum absolute atomic E-state index is 6.15. The zero-order valence-corrected chi connectivity index (χ0v) is 9.41. The molecule has 15 heavy (non-hydrogen) atoms. The van der Waals surface area contributed by atoms with Gasteiger partial charge >= 0.3 is 0 Å². The second-order valence-electron chi connectivity index (χ2n) is 3.98. The topological polar surface area (TPSA) is 35.2 Å². The molecule has 0 aromatic heterocycles. The molecule has 2 N–H and O–H groups in total. The summed E-state index contributed by atoms with van der Waals surface area (Å²) in [7, 11) is 0. The summed E-state index contributed by atoms with van der Waals surface area (Å²) < 4.78 is 5.67. The van der Waals surface area contributed by atoms with Crippen molar-refractivity contribution in [1.29, 1.82) is 0 Å². The van der Waals surface area contributed by atoms with Crippen molar-refractivity contribution in [2.24, 2.45) is 5.73 Å². The molecule has 0 radical (unpaired) electrons. The van der Waals surface area contributed by atoms with E-state index >= 15 is 0 Å². The average molecular weight is 226 g/mol. The maximum Gasteiger partial charge on any atom is 0.0767 e. The van der Waals surface area contributed by atoms with Gasteiger partial charge in [0.15, 0.2) is 0 Å². The molecule has 2 nitrogen and oxygen atoms in total. The van der Waals surface area contributed by atoms with Crippen LogP contribution in [0.4, 0.5) is 0 Å². The summed E-state index contributed by atoms with van der Waals surface area (Å²) in [6.45, 7) is 0.839. The Kier molecular flexibility index (Phi) is 3.62. The summed E-state index contributed by atoms with van der Waals surface area (Å²) in [5.74, 6) is 0. The van der Waals surface area contributed by atoms with Gasteiger partial charge in [-0.3, -0.25) is 0 Å². The standard InChI is InChI=1S/C12H16ClNO/c13-10-6-4-9(5-7-10)12(14)11-3-1-2-8-15-11/h4-7,11-12H,1-3,8,14H2. The molecule has 3 heteroatoms. The summed E-state index contributed by atoms with van der Waals surface area (Å²) in [6, 6.07) is 7.68. The van der Waals surface area contributed by atoms with Gasteiger partial charge in [0.25, 0.3) is 0 Å².